The van der Waals surface area contributed by atoms with Crippen LogP contribution >= 0.6 is 11.8 Å². The van der Waals surface area contributed by atoms with Crippen molar-refractivity contribution in [1.29, 1.82) is 0 Å². The van der Waals surface area contributed by atoms with Crippen LogP contribution in [0.25, 0.3) is 0 Å². The van der Waals surface area contributed by atoms with Gasteiger partial charge in [0.15, 0.2) is 0 Å². The number of amides is 1. The van der Waals surface area contributed by atoms with Crippen LogP contribution in [0.3, 0.4) is 0 Å². The van der Waals surface area contributed by atoms with E-state index >= 15 is 0 Å². The molecule has 0 bridgehead atoms. The summed E-state index contributed by atoms with van der Waals surface area (Å²) in [6.45, 7) is 2.27. The van der Waals surface area contributed by atoms with E-state index in [1.165, 1.54) is 32.1 Å². The lowest BCUT2D eigenvalue weighted by molar-refractivity contribution is 0.0273. The van der Waals surface area contributed by atoms with E-state index in [-0.39, 0.29) is 5.91 Å². The molecule has 4 nitrogen and oxygen atoms in total. The van der Waals surface area contributed by atoms with Crippen molar-refractivity contribution in [3.63, 3.8) is 0 Å². The fraction of sp³-hybridized carbons (Fsp3) is 0.667. The molecule has 5 heteroatoms. The van der Waals surface area contributed by atoms with Crippen LogP contribution in [0.1, 0.15) is 61.7 Å². The number of nitrogens with one attached hydrogen (secondary N) is 1. The zero-order valence-electron chi connectivity index (χ0n) is 15.6. The molecule has 26 heavy (non-hydrogen) atoms. The summed E-state index contributed by atoms with van der Waals surface area (Å²) in [5.41, 5.74) is 0.767. The van der Waals surface area contributed by atoms with Crippen molar-refractivity contribution in [3.8, 4) is 0 Å². The summed E-state index contributed by atoms with van der Waals surface area (Å²) in [7, 11) is 0. The molecular weight excluding hydrogens is 346 g/mol. The molecule has 1 amide bonds. The van der Waals surface area contributed by atoms with E-state index in [9.17, 15) is 4.79 Å². The second kappa shape index (κ2) is 11.0. The van der Waals surface area contributed by atoms with Crippen molar-refractivity contribution in [2.24, 2.45) is 0 Å². The molecule has 1 aromatic rings. The SMILES string of the molecule is O=C(NCCCOC1CCCCC1)c1ccccc1SCC1CCCO1. The molecule has 1 saturated heterocycles. The van der Waals surface area contributed by atoms with Gasteiger partial charge in [-0.15, -0.1) is 11.8 Å². The lowest BCUT2D eigenvalue weighted by Gasteiger charge is -2.21. The summed E-state index contributed by atoms with van der Waals surface area (Å²) in [6, 6.07) is 7.86. The Morgan fingerprint density at radius 3 is 2.81 bits per heavy atom. The van der Waals surface area contributed by atoms with Crippen LogP contribution in [0.5, 0.6) is 0 Å². The van der Waals surface area contributed by atoms with Gasteiger partial charge < -0.3 is 14.8 Å². The minimum atomic E-state index is 0.0121. The lowest BCUT2D eigenvalue weighted by atomic mass is 9.98. The third-order valence-corrected chi connectivity index (χ3v) is 6.30. The summed E-state index contributed by atoms with van der Waals surface area (Å²) in [6.07, 6.45) is 10.2. The van der Waals surface area contributed by atoms with E-state index < -0.39 is 0 Å². The minimum absolute atomic E-state index is 0.0121. The van der Waals surface area contributed by atoms with Crippen LogP contribution in [-0.2, 0) is 9.47 Å². The number of rotatable bonds is 9. The average Bonchev–Trinajstić information content (AvgIpc) is 3.20. The molecule has 1 aliphatic carbocycles. The van der Waals surface area contributed by atoms with Gasteiger partial charge in [-0.2, -0.15) is 0 Å². The number of hydrogen-bond donors (Lipinski definition) is 1. The van der Waals surface area contributed by atoms with E-state index in [1.807, 2.05) is 24.3 Å². The number of carbonyl (C=O) groups is 1. The van der Waals surface area contributed by atoms with E-state index in [0.29, 0.717) is 18.8 Å². The van der Waals surface area contributed by atoms with Gasteiger partial charge in [0.1, 0.15) is 0 Å². The topological polar surface area (TPSA) is 47.6 Å². The van der Waals surface area contributed by atoms with Gasteiger partial charge in [0, 0.05) is 30.4 Å². The lowest BCUT2D eigenvalue weighted by Crippen LogP contribution is -2.26. The van der Waals surface area contributed by atoms with Crippen LogP contribution in [0.15, 0.2) is 29.2 Å². The van der Waals surface area contributed by atoms with E-state index in [4.69, 9.17) is 9.47 Å². The van der Waals surface area contributed by atoms with Gasteiger partial charge in [0.25, 0.3) is 5.91 Å². The van der Waals surface area contributed by atoms with Gasteiger partial charge in [0.2, 0.25) is 0 Å². The van der Waals surface area contributed by atoms with Crippen LogP contribution in [-0.4, -0.2) is 43.6 Å². The van der Waals surface area contributed by atoms with E-state index in [0.717, 1.165) is 48.7 Å². The number of ether oxygens (including phenoxy) is 2. The Morgan fingerprint density at radius 2 is 2.00 bits per heavy atom. The second-order valence-electron chi connectivity index (χ2n) is 7.18. The summed E-state index contributed by atoms with van der Waals surface area (Å²) < 4.78 is 11.6. The molecule has 144 valence electrons. The highest BCUT2D eigenvalue weighted by molar-refractivity contribution is 7.99. The van der Waals surface area contributed by atoms with Gasteiger partial charge >= 0.3 is 0 Å². The van der Waals surface area contributed by atoms with Crippen molar-refractivity contribution in [1.82, 2.24) is 5.32 Å². The first kappa shape index (κ1) is 19.7. The van der Waals surface area contributed by atoms with Crippen molar-refractivity contribution in [2.45, 2.75) is 68.5 Å². The summed E-state index contributed by atoms with van der Waals surface area (Å²) >= 11 is 1.72. The number of thioether (sulfide) groups is 1. The molecule has 2 fully saturated rings. The predicted octanol–water partition coefficient (Wildman–Crippen LogP) is 4.43. The molecule has 0 radical (unpaired) electrons. The highest BCUT2D eigenvalue weighted by Crippen LogP contribution is 2.26. The molecular formula is C21H31NO3S. The van der Waals surface area contributed by atoms with Crippen molar-refractivity contribution in [2.75, 3.05) is 25.5 Å². The average molecular weight is 378 g/mol. The first-order valence-corrected chi connectivity index (χ1v) is 11.0. The fourth-order valence-corrected chi connectivity index (χ4v) is 4.71. The number of hydrogen-bond acceptors (Lipinski definition) is 4. The smallest absolute Gasteiger partial charge is 0.252 e. The summed E-state index contributed by atoms with van der Waals surface area (Å²) in [4.78, 5) is 13.6. The maximum absolute atomic E-state index is 12.5. The Morgan fingerprint density at radius 1 is 1.15 bits per heavy atom. The number of carbonyl (C=O) groups excluding carboxylic acids is 1. The predicted molar refractivity (Wildman–Crippen MR) is 106 cm³/mol. The monoisotopic (exact) mass is 377 g/mol. The quantitative estimate of drug-likeness (QED) is 0.511. The van der Waals surface area contributed by atoms with Gasteiger partial charge in [-0.25, -0.2) is 0 Å². The van der Waals surface area contributed by atoms with E-state index in [2.05, 4.69) is 5.32 Å². The van der Waals surface area contributed by atoms with Gasteiger partial charge in [-0.05, 0) is 44.2 Å². The third-order valence-electron chi connectivity index (χ3n) is 5.09. The molecule has 1 saturated carbocycles. The number of benzene rings is 1. The van der Waals surface area contributed by atoms with Gasteiger partial charge in [0.05, 0.1) is 17.8 Å². The zero-order valence-corrected chi connectivity index (χ0v) is 16.4. The Labute approximate surface area is 161 Å². The first-order valence-electron chi connectivity index (χ1n) is 10.1. The molecule has 0 aromatic heterocycles. The molecule has 1 N–H and O–H groups in total. The Kier molecular flexibility index (Phi) is 8.30. The van der Waals surface area contributed by atoms with Crippen LogP contribution in [0.2, 0.25) is 0 Å². The molecule has 1 unspecified atom stereocenters. The molecule has 1 aromatic carbocycles. The zero-order chi connectivity index (χ0) is 18.0. The minimum Gasteiger partial charge on any atom is -0.378 e. The maximum Gasteiger partial charge on any atom is 0.252 e. The van der Waals surface area contributed by atoms with Gasteiger partial charge in [-0.1, -0.05) is 31.4 Å². The third kappa shape index (κ3) is 6.29. The van der Waals surface area contributed by atoms with Crippen molar-refractivity contribution >= 4 is 17.7 Å². The molecule has 2 aliphatic rings. The highest BCUT2D eigenvalue weighted by atomic mass is 32.2. The normalized spacial score (nSPS) is 21.0. The Bertz CT molecular complexity index is 554. The molecule has 0 spiro atoms. The standard InChI is InChI=1S/C21H31NO3S/c23-21(22-13-7-15-24-17-8-2-1-3-9-17)19-11-4-5-12-20(19)26-16-18-10-6-14-25-18/h4-5,11-12,17-18H,1-3,6-10,13-16H2,(H,22,23). The van der Waals surface area contributed by atoms with Crippen LogP contribution in [0.4, 0.5) is 0 Å². The largest absolute Gasteiger partial charge is 0.378 e. The first-order chi connectivity index (χ1) is 12.8. The van der Waals surface area contributed by atoms with Crippen molar-refractivity contribution in [3.05, 3.63) is 29.8 Å². The Hall–Kier alpha value is -1.04. The molecule has 1 aliphatic heterocycles. The summed E-state index contributed by atoms with van der Waals surface area (Å²) in [5, 5.41) is 3.04. The summed E-state index contributed by atoms with van der Waals surface area (Å²) in [5.74, 6) is 0.928. The fourth-order valence-electron chi connectivity index (χ4n) is 3.59. The van der Waals surface area contributed by atoms with Gasteiger partial charge in [-0.3, -0.25) is 4.79 Å². The Balaban J connectivity index is 1.38. The van der Waals surface area contributed by atoms with Crippen LogP contribution < -0.4 is 5.32 Å². The molecule has 3 rings (SSSR count). The van der Waals surface area contributed by atoms with E-state index in [1.54, 1.807) is 11.8 Å². The molecule has 1 heterocycles. The van der Waals surface area contributed by atoms with Crippen molar-refractivity contribution < 1.29 is 14.3 Å². The second-order valence-corrected chi connectivity index (χ2v) is 8.24. The highest BCUT2D eigenvalue weighted by Gasteiger charge is 2.18. The van der Waals surface area contributed by atoms with Crippen LogP contribution in [0, 0.1) is 0 Å². The maximum atomic E-state index is 12.5. The molecule has 1 atom stereocenters.